The minimum absolute atomic E-state index is 0.0788. The fourth-order valence-electron chi connectivity index (χ4n) is 1.31. The van der Waals surface area contributed by atoms with Crippen molar-refractivity contribution in [2.45, 2.75) is 30.9 Å². The zero-order valence-electron chi connectivity index (χ0n) is 10.9. The van der Waals surface area contributed by atoms with Gasteiger partial charge >= 0.3 is 0 Å². The van der Waals surface area contributed by atoms with Gasteiger partial charge in [-0.2, -0.15) is 0 Å². The van der Waals surface area contributed by atoms with Gasteiger partial charge in [0.25, 0.3) is 0 Å². The lowest BCUT2D eigenvalue weighted by atomic mass is 10.2. The predicted octanol–water partition coefficient (Wildman–Crippen LogP) is 2.66. The summed E-state index contributed by atoms with van der Waals surface area (Å²) in [7, 11) is 0. The second-order valence-electron chi connectivity index (χ2n) is 4.59. The predicted molar refractivity (Wildman–Crippen MR) is 74.0 cm³/mol. The standard InChI is InChI=1S/C13H19FN2OS/c1-8(2)7-16-13(17)9(3)18-12-5-4-10(15)6-11(12)14/h4-6,8-9H,7,15H2,1-3H3,(H,16,17). The second-order valence-corrected chi connectivity index (χ2v) is 5.97. The number of benzene rings is 1. The topological polar surface area (TPSA) is 55.1 Å². The van der Waals surface area contributed by atoms with Crippen molar-refractivity contribution in [3.63, 3.8) is 0 Å². The fraction of sp³-hybridized carbons (Fsp3) is 0.462. The van der Waals surface area contributed by atoms with E-state index in [4.69, 9.17) is 5.73 Å². The first-order valence-electron chi connectivity index (χ1n) is 5.89. The Balaban J connectivity index is 2.58. The number of nitrogens with one attached hydrogen (secondary N) is 1. The van der Waals surface area contributed by atoms with Gasteiger partial charge < -0.3 is 11.1 Å². The quantitative estimate of drug-likeness (QED) is 0.639. The van der Waals surface area contributed by atoms with Gasteiger partial charge in [-0.05, 0) is 31.0 Å². The van der Waals surface area contributed by atoms with Crippen molar-refractivity contribution in [3.05, 3.63) is 24.0 Å². The van der Waals surface area contributed by atoms with Gasteiger partial charge in [-0.25, -0.2) is 4.39 Å². The van der Waals surface area contributed by atoms with E-state index in [-0.39, 0.29) is 17.0 Å². The summed E-state index contributed by atoms with van der Waals surface area (Å²) >= 11 is 1.20. The van der Waals surface area contributed by atoms with E-state index >= 15 is 0 Å². The lowest BCUT2D eigenvalue weighted by Gasteiger charge is -2.13. The number of nitrogen functional groups attached to an aromatic ring is 1. The molecule has 0 aromatic heterocycles. The molecular weight excluding hydrogens is 251 g/mol. The summed E-state index contributed by atoms with van der Waals surface area (Å²) in [5.41, 5.74) is 5.85. The lowest BCUT2D eigenvalue weighted by Crippen LogP contribution is -2.33. The highest BCUT2D eigenvalue weighted by molar-refractivity contribution is 8.00. The Hall–Kier alpha value is -1.23. The number of halogens is 1. The van der Waals surface area contributed by atoms with Crippen LogP contribution in [0.25, 0.3) is 0 Å². The monoisotopic (exact) mass is 270 g/mol. The molecule has 0 saturated carbocycles. The van der Waals surface area contributed by atoms with Crippen LogP contribution in [0.1, 0.15) is 20.8 Å². The van der Waals surface area contributed by atoms with E-state index in [1.807, 2.05) is 13.8 Å². The molecule has 0 fully saturated rings. The number of amides is 1. The van der Waals surface area contributed by atoms with E-state index in [1.165, 1.54) is 17.8 Å². The van der Waals surface area contributed by atoms with Crippen molar-refractivity contribution in [2.75, 3.05) is 12.3 Å². The molecule has 0 heterocycles. The number of thioether (sulfide) groups is 1. The first-order chi connectivity index (χ1) is 8.40. The molecule has 1 unspecified atom stereocenters. The zero-order chi connectivity index (χ0) is 13.7. The third-order valence-electron chi connectivity index (χ3n) is 2.31. The van der Waals surface area contributed by atoms with Crippen molar-refractivity contribution >= 4 is 23.4 Å². The van der Waals surface area contributed by atoms with Gasteiger partial charge in [0, 0.05) is 17.1 Å². The Morgan fingerprint density at radius 2 is 2.11 bits per heavy atom. The maximum Gasteiger partial charge on any atom is 0.233 e. The molecule has 1 aromatic rings. The third kappa shape index (κ3) is 4.56. The van der Waals surface area contributed by atoms with Crippen LogP contribution < -0.4 is 11.1 Å². The van der Waals surface area contributed by atoms with E-state index in [9.17, 15) is 9.18 Å². The van der Waals surface area contributed by atoms with Crippen molar-refractivity contribution in [2.24, 2.45) is 5.92 Å². The van der Waals surface area contributed by atoms with Crippen LogP contribution in [0, 0.1) is 11.7 Å². The fourth-order valence-corrected chi connectivity index (χ4v) is 2.19. The maximum absolute atomic E-state index is 13.6. The largest absolute Gasteiger partial charge is 0.399 e. The Bertz CT molecular complexity index is 423. The number of nitrogens with two attached hydrogens (primary N) is 1. The second kappa shape index (κ2) is 6.64. The highest BCUT2D eigenvalue weighted by Crippen LogP contribution is 2.27. The summed E-state index contributed by atoms with van der Waals surface area (Å²) < 4.78 is 13.6. The molecule has 1 amide bonds. The minimum atomic E-state index is -0.386. The summed E-state index contributed by atoms with van der Waals surface area (Å²) in [5, 5.41) is 2.49. The van der Waals surface area contributed by atoms with Crippen molar-refractivity contribution in [1.29, 1.82) is 0 Å². The Morgan fingerprint density at radius 1 is 1.44 bits per heavy atom. The Morgan fingerprint density at radius 3 is 2.67 bits per heavy atom. The van der Waals surface area contributed by atoms with Gasteiger partial charge in [0.1, 0.15) is 5.82 Å². The highest BCUT2D eigenvalue weighted by atomic mass is 32.2. The first-order valence-corrected chi connectivity index (χ1v) is 6.77. The van der Waals surface area contributed by atoms with Crippen LogP contribution in [0.2, 0.25) is 0 Å². The average molecular weight is 270 g/mol. The minimum Gasteiger partial charge on any atom is -0.399 e. The van der Waals surface area contributed by atoms with Crippen LogP contribution in [0.4, 0.5) is 10.1 Å². The molecule has 0 bridgehead atoms. The summed E-state index contributed by atoms with van der Waals surface area (Å²) in [6.07, 6.45) is 0. The van der Waals surface area contributed by atoms with Gasteiger partial charge in [-0.1, -0.05) is 13.8 Å². The Labute approximate surface area is 111 Å². The van der Waals surface area contributed by atoms with E-state index in [0.717, 1.165) is 0 Å². The normalized spacial score (nSPS) is 12.5. The number of hydrogen-bond acceptors (Lipinski definition) is 3. The zero-order valence-corrected chi connectivity index (χ0v) is 11.7. The van der Waals surface area contributed by atoms with Crippen molar-refractivity contribution < 1.29 is 9.18 Å². The number of anilines is 1. The summed E-state index contributed by atoms with van der Waals surface area (Å²) in [4.78, 5) is 12.2. The molecular formula is C13H19FN2OS. The molecule has 18 heavy (non-hydrogen) atoms. The maximum atomic E-state index is 13.6. The molecule has 3 N–H and O–H groups in total. The molecule has 5 heteroatoms. The van der Waals surface area contributed by atoms with Gasteiger partial charge in [0.2, 0.25) is 5.91 Å². The van der Waals surface area contributed by atoms with Crippen LogP contribution in [-0.4, -0.2) is 17.7 Å². The molecule has 1 rings (SSSR count). The van der Waals surface area contributed by atoms with Gasteiger partial charge in [0.15, 0.2) is 0 Å². The van der Waals surface area contributed by atoms with Gasteiger partial charge in [0.05, 0.1) is 5.25 Å². The highest BCUT2D eigenvalue weighted by Gasteiger charge is 2.16. The molecule has 3 nitrogen and oxygen atoms in total. The van der Waals surface area contributed by atoms with Crippen LogP contribution in [0.5, 0.6) is 0 Å². The smallest absolute Gasteiger partial charge is 0.233 e. The van der Waals surface area contributed by atoms with Gasteiger partial charge in [-0.15, -0.1) is 11.8 Å². The SMILES string of the molecule is CC(C)CNC(=O)C(C)Sc1ccc(N)cc1F. The Kier molecular flexibility index (Phi) is 5.47. The van der Waals surface area contributed by atoms with Crippen LogP contribution >= 0.6 is 11.8 Å². The molecule has 0 spiro atoms. The average Bonchev–Trinajstić information content (AvgIpc) is 2.29. The van der Waals surface area contributed by atoms with E-state index in [1.54, 1.807) is 19.1 Å². The third-order valence-corrected chi connectivity index (χ3v) is 3.47. The van der Waals surface area contributed by atoms with Crippen molar-refractivity contribution in [1.82, 2.24) is 5.32 Å². The van der Waals surface area contributed by atoms with Crippen LogP contribution in [-0.2, 0) is 4.79 Å². The number of carbonyl (C=O) groups excluding carboxylic acids is 1. The number of carbonyl (C=O) groups is 1. The molecule has 0 aliphatic heterocycles. The summed E-state index contributed by atoms with van der Waals surface area (Å²) in [6, 6.07) is 4.49. The summed E-state index contributed by atoms with van der Waals surface area (Å²) in [5.74, 6) is -0.0622. The molecule has 0 aliphatic rings. The molecule has 0 aliphatic carbocycles. The lowest BCUT2D eigenvalue weighted by molar-refractivity contribution is -0.120. The van der Waals surface area contributed by atoms with E-state index in [2.05, 4.69) is 5.32 Å². The molecule has 0 saturated heterocycles. The van der Waals surface area contributed by atoms with Gasteiger partial charge in [-0.3, -0.25) is 4.79 Å². The van der Waals surface area contributed by atoms with E-state index in [0.29, 0.717) is 23.0 Å². The number of hydrogen-bond donors (Lipinski definition) is 2. The summed E-state index contributed by atoms with van der Waals surface area (Å²) in [6.45, 7) is 6.44. The molecule has 1 aromatic carbocycles. The molecule has 1 atom stereocenters. The molecule has 100 valence electrons. The molecule has 0 radical (unpaired) electrons. The van der Waals surface area contributed by atoms with Crippen LogP contribution in [0.3, 0.4) is 0 Å². The van der Waals surface area contributed by atoms with E-state index < -0.39 is 0 Å². The van der Waals surface area contributed by atoms with Crippen LogP contribution in [0.15, 0.2) is 23.1 Å². The van der Waals surface area contributed by atoms with Crippen molar-refractivity contribution in [3.8, 4) is 0 Å². The number of rotatable bonds is 5. The first kappa shape index (κ1) is 14.8.